The molecule has 9 heteroatoms. The molecule has 4 rings (SSSR count). The highest BCUT2D eigenvalue weighted by Crippen LogP contribution is 2.40. The van der Waals surface area contributed by atoms with E-state index in [1.165, 1.54) is 30.9 Å². The minimum Gasteiger partial charge on any atom is -0.493 e. The summed E-state index contributed by atoms with van der Waals surface area (Å²) in [6.07, 6.45) is 1.90. The number of nitrogens with one attached hydrogen (secondary N) is 1. The molecule has 32 heavy (non-hydrogen) atoms. The van der Waals surface area contributed by atoms with Crippen LogP contribution in [0.2, 0.25) is 0 Å². The van der Waals surface area contributed by atoms with E-state index in [2.05, 4.69) is 5.32 Å². The Bertz CT molecular complexity index is 1040. The van der Waals surface area contributed by atoms with Crippen LogP contribution in [0.1, 0.15) is 12.8 Å². The maximum absolute atomic E-state index is 13.3. The molecule has 168 valence electrons. The van der Waals surface area contributed by atoms with Crippen molar-refractivity contribution < 1.29 is 23.9 Å². The molecule has 0 bridgehead atoms. The van der Waals surface area contributed by atoms with Crippen LogP contribution in [-0.4, -0.2) is 61.7 Å². The van der Waals surface area contributed by atoms with Crippen LogP contribution in [0.4, 0.5) is 11.4 Å². The zero-order valence-electron chi connectivity index (χ0n) is 18.0. The average molecular weight is 456 g/mol. The van der Waals surface area contributed by atoms with Crippen LogP contribution < -0.4 is 19.7 Å². The Labute approximate surface area is 190 Å². The summed E-state index contributed by atoms with van der Waals surface area (Å²) >= 11 is 1.26. The molecule has 2 heterocycles. The molecule has 0 spiro atoms. The largest absolute Gasteiger partial charge is 0.493 e. The molecule has 0 radical (unpaired) electrons. The molecule has 1 fully saturated rings. The highest BCUT2D eigenvalue weighted by atomic mass is 32.2. The Morgan fingerprint density at radius 3 is 2.50 bits per heavy atom. The van der Waals surface area contributed by atoms with E-state index in [1.54, 1.807) is 29.2 Å². The number of hydrogen-bond donors (Lipinski definition) is 1. The summed E-state index contributed by atoms with van der Waals surface area (Å²) in [5.41, 5.74) is 1.15. The van der Waals surface area contributed by atoms with Crippen molar-refractivity contribution in [3.05, 3.63) is 42.5 Å². The number of para-hydroxylation sites is 1. The third-order valence-corrected chi connectivity index (χ3v) is 6.74. The molecule has 1 atom stereocenters. The molecule has 2 aliphatic rings. The van der Waals surface area contributed by atoms with Crippen molar-refractivity contribution in [1.82, 2.24) is 4.90 Å². The maximum atomic E-state index is 13.3. The number of nitrogens with zero attached hydrogens (tertiary/aromatic N) is 2. The normalized spacial score (nSPS) is 17.7. The second kappa shape index (κ2) is 9.52. The van der Waals surface area contributed by atoms with Gasteiger partial charge in [0.25, 0.3) is 5.91 Å². The third kappa shape index (κ3) is 4.38. The molecule has 1 N–H and O–H groups in total. The zero-order chi connectivity index (χ0) is 22.7. The Hall–Kier alpha value is -3.20. The van der Waals surface area contributed by atoms with Crippen molar-refractivity contribution in [2.24, 2.45) is 0 Å². The lowest BCUT2D eigenvalue weighted by Crippen LogP contribution is -2.51. The number of rotatable bonds is 6. The monoisotopic (exact) mass is 455 g/mol. The van der Waals surface area contributed by atoms with Crippen molar-refractivity contribution >= 4 is 40.9 Å². The lowest BCUT2D eigenvalue weighted by molar-refractivity contribution is -0.134. The number of hydrogen-bond acceptors (Lipinski definition) is 6. The topological polar surface area (TPSA) is 88.2 Å². The van der Waals surface area contributed by atoms with E-state index in [4.69, 9.17) is 9.47 Å². The fraction of sp³-hybridized carbons (Fsp3) is 0.348. The van der Waals surface area contributed by atoms with Gasteiger partial charge < -0.3 is 24.6 Å². The van der Waals surface area contributed by atoms with Gasteiger partial charge in [-0.1, -0.05) is 12.1 Å². The highest BCUT2D eigenvalue weighted by Gasteiger charge is 2.41. The molecule has 8 nitrogen and oxygen atoms in total. The molecule has 2 aromatic rings. The summed E-state index contributed by atoms with van der Waals surface area (Å²) in [5, 5.41) is 1.92. The van der Waals surface area contributed by atoms with Gasteiger partial charge in [-0.25, -0.2) is 0 Å². The van der Waals surface area contributed by atoms with Gasteiger partial charge >= 0.3 is 0 Å². The molecule has 2 aromatic carbocycles. The number of thioether (sulfide) groups is 1. The van der Waals surface area contributed by atoms with Crippen molar-refractivity contribution in [2.45, 2.75) is 23.0 Å². The van der Waals surface area contributed by atoms with E-state index in [0.29, 0.717) is 36.0 Å². The van der Waals surface area contributed by atoms with Crippen molar-refractivity contribution in [3.8, 4) is 11.5 Å². The predicted octanol–water partition coefficient (Wildman–Crippen LogP) is 2.77. The Kier molecular flexibility index (Phi) is 6.55. The molecule has 0 saturated carbocycles. The Morgan fingerprint density at radius 2 is 1.78 bits per heavy atom. The smallest absolute Gasteiger partial charge is 0.250 e. The highest BCUT2D eigenvalue weighted by molar-refractivity contribution is 8.01. The number of anilines is 2. The molecule has 0 aliphatic carbocycles. The summed E-state index contributed by atoms with van der Waals surface area (Å²) in [6, 6.07) is 12.4. The Morgan fingerprint density at radius 1 is 1.06 bits per heavy atom. The molecular formula is C23H25N3O5S. The predicted molar refractivity (Wildman–Crippen MR) is 122 cm³/mol. The third-order valence-electron chi connectivity index (χ3n) is 5.50. The van der Waals surface area contributed by atoms with E-state index < -0.39 is 5.25 Å². The van der Waals surface area contributed by atoms with Gasteiger partial charge in [0.1, 0.15) is 6.54 Å². The maximum Gasteiger partial charge on any atom is 0.250 e. The lowest BCUT2D eigenvalue weighted by Gasteiger charge is -2.34. The first kappa shape index (κ1) is 22.0. The van der Waals surface area contributed by atoms with Gasteiger partial charge in [-0.05, 0) is 37.1 Å². The minimum atomic E-state index is -0.878. The minimum absolute atomic E-state index is 0.183. The number of methoxy groups -OCH3 is 2. The summed E-state index contributed by atoms with van der Waals surface area (Å²) < 4.78 is 10.5. The number of carbonyl (C=O) groups is 3. The number of amides is 3. The van der Waals surface area contributed by atoms with E-state index in [0.717, 1.165) is 17.7 Å². The molecule has 3 amide bonds. The molecule has 0 unspecified atom stereocenters. The van der Waals surface area contributed by atoms with Crippen molar-refractivity contribution in [3.63, 3.8) is 0 Å². The van der Waals surface area contributed by atoms with Crippen molar-refractivity contribution in [2.75, 3.05) is 44.1 Å². The molecular weight excluding hydrogens is 430 g/mol. The summed E-state index contributed by atoms with van der Waals surface area (Å²) in [5.74, 6) is 0.105. The number of carbonyl (C=O) groups excluding carboxylic acids is 3. The SMILES string of the molecule is COc1ccc(NC(=O)CN2C(=O)[C@@H](C(=O)N3CCCC3)Sc3ccccc32)cc1OC. The first-order valence-electron chi connectivity index (χ1n) is 10.4. The number of ether oxygens (including phenoxy) is 2. The number of likely N-dealkylation sites (tertiary alicyclic amines) is 1. The van der Waals surface area contributed by atoms with Crippen LogP contribution in [0, 0.1) is 0 Å². The summed E-state index contributed by atoms with van der Waals surface area (Å²) in [7, 11) is 3.05. The van der Waals surface area contributed by atoms with Gasteiger partial charge in [0, 0.05) is 29.7 Å². The van der Waals surface area contributed by atoms with Crippen molar-refractivity contribution in [1.29, 1.82) is 0 Å². The fourth-order valence-corrected chi connectivity index (χ4v) is 5.09. The van der Waals surface area contributed by atoms with Crippen LogP contribution in [0.3, 0.4) is 0 Å². The molecule has 0 aromatic heterocycles. The summed E-state index contributed by atoms with van der Waals surface area (Å²) in [4.78, 5) is 43.1. The van der Waals surface area contributed by atoms with Crippen LogP contribution in [0.25, 0.3) is 0 Å². The Balaban J connectivity index is 1.54. The lowest BCUT2D eigenvalue weighted by atomic mass is 10.2. The second-order valence-electron chi connectivity index (χ2n) is 7.54. The average Bonchev–Trinajstić information content (AvgIpc) is 3.35. The first-order valence-corrected chi connectivity index (χ1v) is 11.3. The van der Waals surface area contributed by atoms with Gasteiger partial charge in [0.15, 0.2) is 16.7 Å². The standard InChI is InChI=1S/C23H25N3O5S/c1-30-17-10-9-15(13-18(17)31-2)24-20(27)14-26-16-7-3-4-8-19(16)32-21(23(26)29)22(28)25-11-5-6-12-25/h3-4,7-10,13,21H,5-6,11-12,14H2,1-2H3,(H,24,27)/t21-/m1/s1. The van der Waals surface area contributed by atoms with Gasteiger partial charge in [0.2, 0.25) is 11.8 Å². The van der Waals surface area contributed by atoms with Gasteiger partial charge in [0.05, 0.1) is 19.9 Å². The number of fused-ring (bicyclic) bond motifs is 1. The van der Waals surface area contributed by atoms with E-state index in [1.807, 2.05) is 18.2 Å². The van der Waals surface area contributed by atoms with E-state index >= 15 is 0 Å². The first-order chi connectivity index (χ1) is 15.5. The van der Waals surface area contributed by atoms with Crippen LogP contribution in [0.15, 0.2) is 47.4 Å². The molecule has 2 aliphatic heterocycles. The summed E-state index contributed by atoms with van der Waals surface area (Å²) in [6.45, 7) is 1.14. The van der Waals surface area contributed by atoms with E-state index in [-0.39, 0.29) is 24.3 Å². The fourth-order valence-electron chi connectivity index (χ4n) is 3.90. The zero-order valence-corrected chi connectivity index (χ0v) is 18.8. The van der Waals surface area contributed by atoms with Gasteiger partial charge in [-0.2, -0.15) is 0 Å². The van der Waals surface area contributed by atoms with Crippen LogP contribution >= 0.6 is 11.8 Å². The quantitative estimate of drug-likeness (QED) is 0.674. The molecule has 1 saturated heterocycles. The second-order valence-corrected chi connectivity index (χ2v) is 8.69. The van der Waals surface area contributed by atoms with E-state index in [9.17, 15) is 14.4 Å². The van der Waals surface area contributed by atoms with Crippen LogP contribution in [-0.2, 0) is 14.4 Å². The van der Waals surface area contributed by atoms with Gasteiger partial charge in [-0.15, -0.1) is 11.8 Å². The van der Waals surface area contributed by atoms with Crippen LogP contribution in [0.5, 0.6) is 11.5 Å². The number of benzene rings is 2. The van der Waals surface area contributed by atoms with Gasteiger partial charge in [-0.3, -0.25) is 14.4 Å².